The van der Waals surface area contributed by atoms with Crippen LogP contribution in [-0.2, 0) is 9.53 Å². The number of hydrazone groups is 1. The van der Waals surface area contributed by atoms with Crippen LogP contribution >= 0.6 is 0 Å². The molecule has 1 aromatic carbocycles. The van der Waals surface area contributed by atoms with Crippen LogP contribution in [0.1, 0.15) is 62.2 Å². The number of amides is 1. The lowest BCUT2D eigenvalue weighted by molar-refractivity contribution is -0.146. The van der Waals surface area contributed by atoms with Gasteiger partial charge in [0.25, 0.3) is 5.91 Å². The quantitative estimate of drug-likeness (QED) is 0.441. The molecular weight excluding hydrogens is 316 g/mol. The zero-order valence-corrected chi connectivity index (χ0v) is 15.2. The number of unbranched alkanes of at least 4 members (excludes halogenated alkanes) is 3. The van der Waals surface area contributed by atoms with Gasteiger partial charge < -0.3 is 4.74 Å². The third-order valence-electron chi connectivity index (χ3n) is 4.83. The Hall–Kier alpha value is -2.17. The van der Waals surface area contributed by atoms with Crippen LogP contribution in [0.4, 0.5) is 0 Å². The van der Waals surface area contributed by atoms with E-state index in [2.05, 4.69) is 17.5 Å². The van der Waals surface area contributed by atoms with Crippen molar-refractivity contribution in [1.82, 2.24) is 5.43 Å². The van der Waals surface area contributed by atoms with Crippen molar-refractivity contribution in [2.24, 2.45) is 16.9 Å². The molecule has 5 heteroatoms. The zero-order chi connectivity index (χ0) is 18.1. The van der Waals surface area contributed by atoms with E-state index in [0.29, 0.717) is 5.56 Å². The highest BCUT2D eigenvalue weighted by Gasteiger charge is 2.38. The number of esters is 1. The highest BCUT2D eigenvalue weighted by atomic mass is 16.5. The first-order valence-corrected chi connectivity index (χ1v) is 9.17. The van der Waals surface area contributed by atoms with Crippen molar-refractivity contribution in [3.05, 3.63) is 35.9 Å². The minimum absolute atomic E-state index is 0.0698. The minimum Gasteiger partial charge on any atom is -0.469 e. The summed E-state index contributed by atoms with van der Waals surface area (Å²) >= 11 is 0. The van der Waals surface area contributed by atoms with Gasteiger partial charge in [-0.1, -0.05) is 50.8 Å². The molecule has 0 heterocycles. The maximum Gasteiger partial charge on any atom is 0.309 e. The van der Waals surface area contributed by atoms with Gasteiger partial charge in [0.2, 0.25) is 0 Å². The molecule has 25 heavy (non-hydrogen) atoms. The Morgan fingerprint density at radius 1 is 1.20 bits per heavy atom. The molecular formula is C20H28N2O3. The molecule has 0 saturated heterocycles. The van der Waals surface area contributed by atoms with Gasteiger partial charge >= 0.3 is 5.97 Å². The van der Waals surface area contributed by atoms with Crippen molar-refractivity contribution in [2.75, 3.05) is 7.11 Å². The summed E-state index contributed by atoms with van der Waals surface area (Å²) in [4.78, 5) is 24.2. The second kappa shape index (κ2) is 9.97. The zero-order valence-electron chi connectivity index (χ0n) is 15.2. The summed E-state index contributed by atoms with van der Waals surface area (Å²) in [6.07, 6.45) is 6.99. The molecule has 1 fully saturated rings. The fourth-order valence-electron chi connectivity index (χ4n) is 3.43. The Bertz CT molecular complexity index is 598. The molecule has 0 radical (unpaired) electrons. The Balaban J connectivity index is 2.02. The Morgan fingerprint density at radius 3 is 2.64 bits per heavy atom. The molecule has 1 aliphatic carbocycles. The summed E-state index contributed by atoms with van der Waals surface area (Å²) < 4.78 is 4.95. The van der Waals surface area contributed by atoms with E-state index >= 15 is 0 Å². The van der Waals surface area contributed by atoms with Gasteiger partial charge in [-0.25, -0.2) is 5.43 Å². The molecule has 0 aliphatic heterocycles. The number of carbonyl (C=O) groups excluding carboxylic acids is 2. The van der Waals surface area contributed by atoms with E-state index in [4.69, 9.17) is 4.74 Å². The van der Waals surface area contributed by atoms with Crippen LogP contribution < -0.4 is 5.43 Å². The molecule has 1 N–H and O–H groups in total. The van der Waals surface area contributed by atoms with Crippen LogP contribution in [0.2, 0.25) is 0 Å². The van der Waals surface area contributed by atoms with Crippen LogP contribution in [0.5, 0.6) is 0 Å². The molecule has 1 aliphatic rings. The summed E-state index contributed by atoms with van der Waals surface area (Å²) in [6, 6.07) is 9.02. The molecule has 2 atom stereocenters. The van der Waals surface area contributed by atoms with Gasteiger partial charge in [0, 0.05) is 17.2 Å². The predicted octanol–water partition coefficient (Wildman–Crippen LogP) is 3.94. The first-order chi connectivity index (χ1) is 12.2. The smallest absolute Gasteiger partial charge is 0.309 e. The fourth-order valence-corrected chi connectivity index (χ4v) is 3.43. The minimum atomic E-state index is -0.223. The highest BCUT2D eigenvalue weighted by molar-refractivity contribution is 5.97. The summed E-state index contributed by atoms with van der Waals surface area (Å²) in [7, 11) is 1.43. The Kier molecular flexibility index (Phi) is 7.64. The maximum absolute atomic E-state index is 12.2. The van der Waals surface area contributed by atoms with Crippen LogP contribution in [0.25, 0.3) is 0 Å². The average molecular weight is 344 g/mol. The van der Waals surface area contributed by atoms with Crippen LogP contribution in [0.15, 0.2) is 35.4 Å². The molecule has 1 amide bonds. The molecule has 136 valence electrons. The maximum atomic E-state index is 12.2. The number of hydrogen-bond acceptors (Lipinski definition) is 4. The first kappa shape index (κ1) is 19.2. The summed E-state index contributed by atoms with van der Waals surface area (Å²) in [5.41, 5.74) is 4.14. The first-order valence-electron chi connectivity index (χ1n) is 9.17. The van der Waals surface area contributed by atoms with Gasteiger partial charge in [-0.3, -0.25) is 9.59 Å². The van der Waals surface area contributed by atoms with E-state index in [0.717, 1.165) is 37.8 Å². The average Bonchev–Trinajstić information content (AvgIpc) is 3.06. The van der Waals surface area contributed by atoms with Crippen LogP contribution in [-0.4, -0.2) is 24.7 Å². The van der Waals surface area contributed by atoms with E-state index in [1.165, 1.54) is 20.0 Å². The third kappa shape index (κ3) is 5.41. The van der Waals surface area contributed by atoms with E-state index in [1.807, 2.05) is 18.2 Å². The molecule has 1 saturated carbocycles. The molecule has 0 aromatic heterocycles. The molecule has 0 bridgehead atoms. The Morgan fingerprint density at radius 2 is 1.96 bits per heavy atom. The van der Waals surface area contributed by atoms with Gasteiger partial charge in [0.05, 0.1) is 13.0 Å². The molecule has 1 aromatic rings. The fraction of sp³-hybridized carbons (Fsp3) is 0.550. The van der Waals surface area contributed by atoms with Gasteiger partial charge in [-0.15, -0.1) is 0 Å². The largest absolute Gasteiger partial charge is 0.469 e. The second-order valence-electron chi connectivity index (χ2n) is 6.53. The van der Waals surface area contributed by atoms with Crippen molar-refractivity contribution in [1.29, 1.82) is 0 Å². The lowest BCUT2D eigenvalue weighted by atomic mass is 9.89. The normalized spacial score (nSPS) is 21.3. The van der Waals surface area contributed by atoms with Crippen molar-refractivity contribution >= 4 is 17.6 Å². The summed E-state index contributed by atoms with van der Waals surface area (Å²) in [6.45, 7) is 2.18. The van der Waals surface area contributed by atoms with E-state index in [-0.39, 0.29) is 23.7 Å². The topological polar surface area (TPSA) is 67.8 Å². The SMILES string of the molecule is CCCCCCC1/C(=N/NC(=O)c2ccccc2)CCC1C(=O)OC. The van der Waals surface area contributed by atoms with Crippen molar-refractivity contribution in [3.63, 3.8) is 0 Å². The number of rotatable bonds is 8. The van der Waals surface area contributed by atoms with E-state index in [1.54, 1.807) is 12.1 Å². The second-order valence-corrected chi connectivity index (χ2v) is 6.53. The third-order valence-corrected chi connectivity index (χ3v) is 4.83. The van der Waals surface area contributed by atoms with Crippen molar-refractivity contribution < 1.29 is 14.3 Å². The van der Waals surface area contributed by atoms with Crippen LogP contribution in [0, 0.1) is 11.8 Å². The Labute approximate surface area is 149 Å². The lowest BCUT2D eigenvalue weighted by Crippen LogP contribution is -2.26. The van der Waals surface area contributed by atoms with Gasteiger partial charge in [-0.05, 0) is 31.4 Å². The highest BCUT2D eigenvalue weighted by Crippen LogP contribution is 2.34. The van der Waals surface area contributed by atoms with E-state index < -0.39 is 0 Å². The molecule has 2 unspecified atom stereocenters. The van der Waals surface area contributed by atoms with Gasteiger partial charge in [0.1, 0.15) is 0 Å². The molecule has 0 spiro atoms. The number of benzene rings is 1. The standard InChI is InChI=1S/C20H28N2O3/c1-3-4-5-9-12-16-17(20(24)25-2)13-14-18(16)21-22-19(23)15-10-7-6-8-11-15/h6-8,10-11,16-17H,3-5,9,12-14H2,1-2H3,(H,22,23)/b21-18+. The number of ether oxygens (including phenoxy) is 1. The molecule has 2 rings (SSSR count). The monoisotopic (exact) mass is 344 g/mol. The number of hydrogen-bond donors (Lipinski definition) is 1. The summed E-state index contributed by atoms with van der Waals surface area (Å²) in [5, 5.41) is 4.36. The number of nitrogens with zero attached hydrogens (tertiary/aromatic N) is 1. The van der Waals surface area contributed by atoms with Gasteiger partial charge in [0.15, 0.2) is 0 Å². The van der Waals surface area contributed by atoms with E-state index in [9.17, 15) is 9.59 Å². The predicted molar refractivity (Wildman–Crippen MR) is 98.3 cm³/mol. The molecule has 5 nitrogen and oxygen atoms in total. The van der Waals surface area contributed by atoms with Crippen LogP contribution in [0.3, 0.4) is 0 Å². The van der Waals surface area contributed by atoms with Crippen molar-refractivity contribution in [2.45, 2.75) is 51.9 Å². The lowest BCUT2D eigenvalue weighted by Gasteiger charge is -2.18. The number of carbonyl (C=O) groups is 2. The number of nitrogens with one attached hydrogen (secondary N) is 1. The van der Waals surface area contributed by atoms with Crippen molar-refractivity contribution in [3.8, 4) is 0 Å². The van der Waals surface area contributed by atoms with Gasteiger partial charge in [-0.2, -0.15) is 5.10 Å². The number of methoxy groups -OCH3 is 1. The summed E-state index contributed by atoms with van der Waals surface area (Å²) in [5.74, 6) is -0.459.